The number of ether oxygens (including phenoxy) is 2. The number of carbonyl (C=O) groups is 2. The number of benzene rings is 1. The first-order valence-corrected chi connectivity index (χ1v) is 8.89. The Morgan fingerprint density at radius 1 is 1.24 bits per heavy atom. The van der Waals surface area contributed by atoms with Crippen LogP contribution in [-0.2, 0) is 16.0 Å². The van der Waals surface area contributed by atoms with Gasteiger partial charge in [-0.25, -0.2) is 4.79 Å². The van der Waals surface area contributed by atoms with Crippen LogP contribution in [0.25, 0.3) is 10.1 Å². The van der Waals surface area contributed by atoms with E-state index in [1.165, 1.54) is 30.6 Å². The summed E-state index contributed by atoms with van der Waals surface area (Å²) in [4.78, 5) is 24.9. The van der Waals surface area contributed by atoms with Gasteiger partial charge in [0, 0.05) is 16.7 Å². The second kappa shape index (κ2) is 8.62. The number of thiophene rings is 1. The summed E-state index contributed by atoms with van der Waals surface area (Å²) in [6, 6.07) is 5.90. The van der Waals surface area contributed by atoms with Crippen molar-refractivity contribution in [3.05, 3.63) is 52.9 Å². The zero-order valence-corrected chi connectivity index (χ0v) is 15.6. The minimum atomic E-state index is -0.513. The Morgan fingerprint density at radius 2 is 2.00 bits per heavy atom. The quantitative estimate of drug-likeness (QED) is 0.296. The molecule has 0 saturated carbocycles. The number of fused-ring (bicyclic) bond motifs is 1. The van der Waals surface area contributed by atoms with Gasteiger partial charge in [0.2, 0.25) is 0 Å². The van der Waals surface area contributed by atoms with Gasteiger partial charge in [0.1, 0.15) is 5.75 Å². The molecule has 0 atom stereocenters. The largest absolute Gasteiger partial charge is 0.496 e. The minimum Gasteiger partial charge on any atom is -0.496 e. The van der Waals surface area contributed by atoms with Crippen LogP contribution >= 0.6 is 11.3 Å². The molecular weight excluding hydrogens is 336 g/mol. The normalized spacial score (nSPS) is 11.4. The number of carbonyl (C=O) groups excluding carboxylic acids is 2. The van der Waals surface area contributed by atoms with Crippen molar-refractivity contribution in [3.8, 4) is 5.75 Å². The van der Waals surface area contributed by atoms with Crippen molar-refractivity contribution in [1.82, 2.24) is 0 Å². The van der Waals surface area contributed by atoms with Crippen molar-refractivity contribution in [2.45, 2.75) is 26.2 Å². The van der Waals surface area contributed by atoms with Gasteiger partial charge in [0.25, 0.3) is 0 Å². The third-order valence-electron chi connectivity index (χ3n) is 3.83. The predicted octanol–water partition coefficient (Wildman–Crippen LogP) is 4.72. The molecule has 1 aromatic heterocycles. The van der Waals surface area contributed by atoms with Gasteiger partial charge in [-0.05, 0) is 35.6 Å². The zero-order valence-electron chi connectivity index (χ0n) is 14.8. The minimum absolute atomic E-state index is 0.00946. The fraction of sp³-hybridized carbons (Fsp3) is 0.300. The summed E-state index contributed by atoms with van der Waals surface area (Å²) in [6.07, 6.45) is 4.93. The highest BCUT2D eigenvalue weighted by Gasteiger charge is 2.18. The molecular formula is C20H22O4S. The number of Topliss-reactive ketones (excluding diaryl/α,β-unsaturated/α-hetero) is 1. The van der Waals surface area contributed by atoms with Crippen molar-refractivity contribution in [2.75, 3.05) is 14.2 Å². The van der Waals surface area contributed by atoms with Gasteiger partial charge in [-0.1, -0.05) is 32.1 Å². The Kier molecular flexibility index (Phi) is 6.53. The summed E-state index contributed by atoms with van der Waals surface area (Å²) in [6.45, 7) is 5.69. The molecule has 0 spiro atoms. The molecule has 25 heavy (non-hydrogen) atoms. The molecule has 0 fully saturated rings. The lowest BCUT2D eigenvalue weighted by Gasteiger charge is -2.07. The van der Waals surface area contributed by atoms with E-state index in [9.17, 15) is 9.59 Å². The average molecular weight is 358 g/mol. The lowest BCUT2D eigenvalue weighted by Crippen LogP contribution is -2.09. The smallest absolute Gasteiger partial charge is 0.334 e. The van der Waals surface area contributed by atoms with Crippen LogP contribution in [-0.4, -0.2) is 26.0 Å². The molecule has 2 rings (SSSR count). The van der Waals surface area contributed by atoms with Gasteiger partial charge in [-0.15, -0.1) is 11.3 Å². The highest BCUT2D eigenvalue weighted by molar-refractivity contribution is 7.20. The molecule has 5 heteroatoms. The van der Waals surface area contributed by atoms with Crippen LogP contribution < -0.4 is 4.74 Å². The molecule has 0 bridgehead atoms. The maximum Gasteiger partial charge on any atom is 0.334 e. The van der Waals surface area contributed by atoms with Crippen molar-refractivity contribution in [3.63, 3.8) is 0 Å². The van der Waals surface area contributed by atoms with Crippen LogP contribution in [0.3, 0.4) is 0 Å². The highest BCUT2D eigenvalue weighted by Crippen LogP contribution is 2.33. The van der Waals surface area contributed by atoms with Crippen molar-refractivity contribution < 1.29 is 19.1 Å². The van der Waals surface area contributed by atoms with E-state index in [0.717, 1.165) is 34.2 Å². The Bertz CT molecular complexity index is 830. The summed E-state index contributed by atoms with van der Waals surface area (Å²) < 4.78 is 11.2. The Balaban J connectivity index is 2.34. The monoisotopic (exact) mass is 358 g/mol. The number of ketones is 1. The fourth-order valence-electron chi connectivity index (χ4n) is 2.63. The lowest BCUT2D eigenvalue weighted by atomic mass is 10.1. The standard InChI is InChI=1S/C20H22O4S/c1-5-7-13-11-18-15(10-17(13)23-3)12-19(25-18)16(21)9-14(8-6-2)20(22)24-4/h6,8,10-12H,2,5,7,9H2,1,3-4H3/b14-8+. The van der Waals surface area contributed by atoms with Gasteiger partial charge >= 0.3 is 5.97 Å². The molecule has 0 aliphatic rings. The summed E-state index contributed by atoms with van der Waals surface area (Å²) in [5.74, 6) is 0.213. The van der Waals surface area contributed by atoms with Gasteiger partial charge in [-0.3, -0.25) is 4.79 Å². The lowest BCUT2D eigenvalue weighted by molar-refractivity contribution is -0.136. The number of rotatable bonds is 8. The van der Waals surface area contributed by atoms with Gasteiger partial charge in [0.05, 0.1) is 19.1 Å². The summed E-state index contributed by atoms with van der Waals surface area (Å²) in [5, 5.41) is 0.970. The third kappa shape index (κ3) is 4.37. The molecule has 1 heterocycles. The molecule has 1 aromatic carbocycles. The first-order valence-electron chi connectivity index (χ1n) is 8.07. The first-order chi connectivity index (χ1) is 12.0. The molecule has 0 saturated heterocycles. The van der Waals surface area contributed by atoms with Gasteiger partial charge < -0.3 is 9.47 Å². The zero-order chi connectivity index (χ0) is 18.4. The fourth-order valence-corrected chi connectivity index (χ4v) is 3.68. The Hall–Kier alpha value is -2.40. The number of esters is 1. The van der Waals surface area contributed by atoms with E-state index in [0.29, 0.717) is 10.5 Å². The van der Waals surface area contributed by atoms with Gasteiger partial charge in [0.15, 0.2) is 5.78 Å². The van der Waals surface area contributed by atoms with Crippen LogP contribution in [0.4, 0.5) is 0 Å². The van der Waals surface area contributed by atoms with E-state index < -0.39 is 5.97 Å². The van der Waals surface area contributed by atoms with E-state index in [2.05, 4.69) is 19.6 Å². The van der Waals surface area contributed by atoms with Crippen LogP contribution in [0.1, 0.15) is 35.0 Å². The second-order valence-corrected chi connectivity index (χ2v) is 6.67. The highest BCUT2D eigenvalue weighted by atomic mass is 32.1. The van der Waals surface area contributed by atoms with Crippen LogP contribution in [0, 0.1) is 0 Å². The molecule has 2 aromatic rings. The second-order valence-electron chi connectivity index (χ2n) is 5.58. The molecule has 0 amide bonds. The van der Waals surface area contributed by atoms with Crippen molar-refractivity contribution in [2.24, 2.45) is 0 Å². The van der Waals surface area contributed by atoms with E-state index in [4.69, 9.17) is 9.47 Å². The van der Waals surface area contributed by atoms with E-state index >= 15 is 0 Å². The Labute approximate surface area is 151 Å². The van der Waals surface area contributed by atoms with Gasteiger partial charge in [-0.2, -0.15) is 0 Å². The van der Waals surface area contributed by atoms with Crippen molar-refractivity contribution in [1.29, 1.82) is 0 Å². The average Bonchev–Trinajstić information content (AvgIpc) is 3.03. The molecule has 0 unspecified atom stereocenters. The maximum absolute atomic E-state index is 12.6. The molecule has 0 aliphatic heterocycles. The maximum atomic E-state index is 12.6. The molecule has 0 N–H and O–H groups in total. The van der Waals surface area contributed by atoms with E-state index in [-0.39, 0.29) is 12.2 Å². The van der Waals surface area contributed by atoms with Crippen LogP contribution in [0.2, 0.25) is 0 Å². The molecule has 4 nitrogen and oxygen atoms in total. The third-order valence-corrected chi connectivity index (χ3v) is 4.97. The van der Waals surface area contributed by atoms with E-state index in [1.54, 1.807) is 7.11 Å². The number of aryl methyl sites for hydroxylation is 1. The van der Waals surface area contributed by atoms with Crippen LogP contribution in [0.15, 0.2) is 42.5 Å². The summed E-state index contributed by atoms with van der Waals surface area (Å²) >= 11 is 1.43. The number of hydrogen-bond acceptors (Lipinski definition) is 5. The number of allylic oxidation sites excluding steroid dienone is 2. The molecule has 0 radical (unpaired) electrons. The number of methoxy groups -OCH3 is 2. The topological polar surface area (TPSA) is 52.6 Å². The van der Waals surface area contributed by atoms with E-state index in [1.807, 2.05) is 12.1 Å². The predicted molar refractivity (Wildman–Crippen MR) is 102 cm³/mol. The SMILES string of the molecule is C=C/C=C(\CC(=O)c1cc2cc(OC)c(CCC)cc2s1)C(=O)OC. The van der Waals surface area contributed by atoms with Crippen molar-refractivity contribution >= 4 is 33.2 Å². The molecule has 0 aliphatic carbocycles. The Morgan fingerprint density at radius 3 is 2.60 bits per heavy atom. The summed E-state index contributed by atoms with van der Waals surface area (Å²) in [7, 11) is 2.95. The van der Waals surface area contributed by atoms with Crippen LogP contribution in [0.5, 0.6) is 5.75 Å². The number of hydrogen-bond donors (Lipinski definition) is 0. The summed E-state index contributed by atoms with van der Waals surface area (Å²) in [5.41, 5.74) is 1.43. The molecule has 132 valence electrons. The first kappa shape index (κ1) is 18.9.